The standard InChI is InChI=1S/C20H16Cl2N2O3S/c1-13-16(21)8-5-9-18(13)23-20(25)14-10-11-17(22)19(12-14)28(26,27)24-15-6-3-2-4-7-15/h2-12,24H,1H3,(H,23,25). The average molecular weight is 435 g/mol. The summed E-state index contributed by atoms with van der Waals surface area (Å²) in [7, 11) is -3.97. The summed E-state index contributed by atoms with van der Waals surface area (Å²) in [5.74, 6) is -0.474. The van der Waals surface area contributed by atoms with Gasteiger partial charge < -0.3 is 5.32 Å². The van der Waals surface area contributed by atoms with Gasteiger partial charge in [-0.1, -0.05) is 47.5 Å². The molecule has 0 bridgehead atoms. The Bertz CT molecular complexity index is 1130. The average Bonchev–Trinajstić information content (AvgIpc) is 2.66. The van der Waals surface area contributed by atoms with Crippen LogP contribution in [-0.2, 0) is 10.0 Å². The van der Waals surface area contributed by atoms with Crippen LogP contribution in [-0.4, -0.2) is 14.3 Å². The van der Waals surface area contributed by atoms with Crippen molar-refractivity contribution in [2.45, 2.75) is 11.8 Å². The zero-order chi connectivity index (χ0) is 20.3. The van der Waals surface area contributed by atoms with Crippen molar-refractivity contribution in [1.29, 1.82) is 0 Å². The van der Waals surface area contributed by atoms with E-state index in [2.05, 4.69) is 10.0 Å². The van der Waals surface area contributed by atoms with Crippen molar-refractivity contribution >= 4 is 50.5 Å². The van der Waals surface area contributed by atoms with Crippen LogP contribution < -0.4 is 10.0 Å². The quantitative estimate of drug-likeness (QED) is 0.567. The maximum Gasteiger partial charge on any atom is 0.263 e. The molecule has 28 heavy (non-hydrogen) atoms. The number of anilines is 2. The van der Waals surface area contributed by atoms with Gasteiger partial charge in [-0.05, 0) is 55.0 Å². The van der Waals surface area contributed by atoms with E-state index in [0.29, 0.717) is 22.0 Å². The summed E-state index contributed by atoms with van der Waals surface area (Å²) in [4.78, 5) is 12.4. The van der Waals surface area contributed by atoms with Crippen molar-refractivity contribution in [2.75, 3.05) is 10.0 Å². The molecule has 3 rings (SSSR count). The molecule has 0 radical (unpaired) electrons. The molecule has 0 saturated heterocycles. The van der Waals surface area contributed by atoms with E-state index in [9.17, 15) is 13.2 Å². The van der Waals surface area contributed by atoms with Crippen molar-refractivity contribution in [3.8, 4) is 0 Å². The van der Waals surface area contributed by atoms with E-state index in [4.69, 9.17) is 23.2 Å². The third-order valence-electron chi connectivity index (χ3n) is 4.02. The lowest BCUT2D eigenvalue weighted by Gasteiger charge is -2.12. The van der Waals surface area contributed by atoms with Gasteiger partial charge in [0.05, 0.1) is 5.02 Å². The minimum atomic E-state index is -3.97. The normalized spacial score (nSPS) is 11.1. The van der Waals surface area contributed by atoms with Gasteiger partial charge in [0.15, 0.2) is 0 Å². The van der Waals surface area contributed by atoms with E-state index in [1.807, 2.05) is 0 Å². The minimum absolute atomic E-state index is 0.0129. The molecule has 0 heterocycles. The molecule has 3 aromatic rings. The molecule has 0 fully saturated rings. The van der Waals surface area contributed by atoms with Gasteiger partial charge in [0.25, 0.3) is 15.9 Å². The molecule has 144 valence electrons. The van der Waals surface area contributed by atoms with Gasteiger partial charge >= 0.3 is 0 Å². The molecule has 0 aliphatic carbocycles. The summed E-state index contributed by atoms with van der Waals surface area (Å²) in [6, 6.07) is 17.6. The zero-order valence-corrected chi connectivity index (χ0v) is 17.1. The largest absolute Gasteiger partial charge is 0.322 e. The first-order valence-corrected chi connectivity index (χ1v) is 10.5. The highest BCUT2D eigenvalue weighted by molar-refractivity contribution is 7.92. The maximum absolute atomic E-state index is 12.7. The van der Waals surface area contributed by atoms with Crippen LogP contribution in [0.25, 0.3) is 0 Å². The van der Waals surface area contributed by atoms with Crippen LogP contribution in [0.2, 0.25) is 10.0 Å². The Kier molecular flexibility index (Phi) is 5.93. The monoisotopic (exact) mass is 434 g/mol. The number of sulfonamides is 1. The molecule has 2 N–H and O–H groups in total. The van der Waals surface area contributed by atoms with Crippen LogP contribution in [0.1, 0.15) is 15.9 Å². The highest BCUT2D eigenvalue weighted by Crippen LogP contribution is 2.27. The first kappa shape index (κ1) is 20.2. The summed E-state index contributed by atoms with van der Waals surface area (Å²) in [5.41, 5.74) is 1.80. The second-order valence-electron chi connectivity index (χ2n) is 5.98. The molecule has 0 aliphatic rings. The van der Waals surface area contributed by atoms with Gasteiger partial charge in [-0.15, -0.1) is 0 Å². The van der Waals surface area contributed by atoms with Gasteiger partial charge in [-0.2, -0.15) is 0 Å². The van der Waals surface area contributed by atoms with Crippen LogP contribution in [0.3, 0.4) is 0 Å². The van der Waals surface area contributed by atoms with Crippen LogP contribution in [0.4, 0.5) is 11.4 Å². The highest BCUT2D eigenvalue weighted by Gasteiger charge is 2.21. The van der Waals surface area contributed by atoms with Gasteiger partial charge in [0, 0.05) is 22.0 Å². The molecule has 1 amide bonds. The molecule has 0 aliphatic heterocycles. The fourth-order valence-corrected chi connectivity index (χ4v) is 4.26. The number of halogens is 2. The Morgan fingerprint density at radius 3 is 2.32 bits per heavy atom. The lowest BCUT2D eigenvalue weighted by Crippen LogP contribution is -2.16. The van der Waals surface area contributed by atoms with E-state index in [-0.39, 0.29) is 15.5 Å². The van der Waals surface area contributed by atoms with E-state index >= 15 is 0 Å². The molecule has 3 aromatic carbocycles. The molecule has 8 heteroatoms. The molecule has 0 saturated carbocycles. The summed E-state index contributed by atoms with van der Waals surface area (Å²) >= 11 is 12.2. The Labute approximate surface area is 173 Å². The first-order chi connectivity index (χ1) is 13.3. The number of benzene rings is 3. The molecular formula is C20H16Cl2N2O3S. The van der Waals surface area contributed by atoms with Crippen LogP contribution in [0.15, 0.2) is 71.6 Å². The van der Waals surface area contributed by atoms with Crippen molar-refractivity contribution in [3.63, 3.8) is 0 Å². The first-order valence-electron chi connectivity index (χ1n) is 8.22. The summed E-state index contributed by atoms with van der Waals surface area (Å²) in [6.07, 6.45) is 0. The second-order valence-corrected chi connectivity index (χ2v) is 8.45. The Morgan fingerprint density at radius 1 is 0.893 bits per heavy atom. The molecule has 0 unspecified atom stereocenters. The Morgan fingerprint density at radius 2 is 1.61 bits per heavy atom. The lowest BCUT2D eigenvalue weighted by molar-refractivity contribution is 0.102. The van der Waals surface area contributed by atoms with Crippen molar-refractivity contribution in [3.05, 3.63) is 87.9 Å². The Hall–Kier alpha value is -2.54. The number of amides is 1. The van der Waals surface area contributed by atoms with Gasteiger partial charge in [0.1, 0.15) is 4.90 Å². The predicted octanol–water partition coefficient (Wildman–Crippen LogP) is 5.35. The molecule has 0 atom stereocenters. The third kappa shape index (κ3) is 4.47. The molecule has 0 aromatic heterocycles. The fraction of sp³-hybridized carbons (Fsp3) is 0.0500. The SMILES string of the molecule is Cc1c(Cl)cccc1NC(=O)c1ccc(Cl)c(S(=O)(=O)Nc2ccccc2)c1. The number of hydrogen-bond donors (Lipinski definition) is 2. The zero-order valence-electron chi connectivity index (χ0n) is 14.7. The predicted molar refractivity (Wildman–Crippen MR) is 113 cm³/mol. The highest BCUT2D eigenvalue weighted by atomic mass is 35.5. The summed E-state index contributed by atoms with van der Waals surface area (Å²) in [5, 5.41) is 3.26. The number of rotatable bonds is 5. The number of para-hydroxylation sites is 1. The van der Waals surface area contributed by atoms with Crippen LogP contribution in [0, 0.1) is 6.92 Å². The van der Waals surface area contributed by atoms with Crippen molar-refractivity contribution in [1.82, 2.24) is 0 Å². The lowest BCUT2D eigenvalue weighted by atomic mass is 10.1. The topological polar surface area (TPSA) is 75.3 Å². The van der Waals surface area contributed by atoms with E-state index in [1.165, 1.54) is 18.2 Å². The van der Waals surface area contributed by atoms with Crippen LogP contribution in [0.5, 0.6) is 0 Å². The van der Waals surface area contributed by atoms with Gasteiger partial charge in [0.2, 0.25) is 0 Å². The smallest absolute Gasteiger partial charge is 0.263 e. The summed E-state index contributed by atoms with van der Waals surface area (Å²) < 4.78 is 27.9. The molecule has 5 nitrogen and oxygen atoms in total. The maximum atomic E-state index is 12.7. The number of carbonyl (C=O) groups excluding carboxylic acids is 1. The van der Waals surface area contributed by atoms with Gasteiger partial charge in [-0.25, -0.2) is 8.42 Å². The second kappa shape index (κ2) is 8.22. The van der Waals surface area contributed by atoms with E-state index < -0.39 is 15.9 Å². The number of hydrogen-bond acceptors (Lipinski definition) is 3. The van der Waals surface area contributed by atoms with Crippen molar-refractivity contribution < 1.29 is 13.2 Å². The van der Waals surface area contributed by atoms with Gasteiger partial charge in [-0.3, -0.25) is 9.52 Å². The molecule has 0 spiro atoms. The van der Waals surface area contributed by atoms with Crippen molar-refractivity contribution in [2.24, 2.45) is 0 Å². The van der Waals surface area contributed by atoms with E-state index in [1.54, 1.807) is 55.5 Å². The summed E-state index contributed by atoms with van der Waals surface area (Å²) in [6.45, 7) is 1.78. The number of nitrogens with one attached hydrogen (secondary N) is 2. The molecular weight excluding hydrogens is 419 g/mol. The number of carbonyl (C=O) groups is 1. The van der Waals surface area contributed by atoms with Crippen LogP contribution >= 0.6 is 23.2 Å². The fourth-order valence-electron chi connectivity index (χ4n) is 2.50. The van der Waals surface area contributed by atoms with E-state index in [0.717, 1.165) is 0 Å². The minimum Gasteiger partial charge on any atom is -0.322 e. The Balaban J connectivity index is 1.90. The third-order valence-corrected chi connectivity index (χ3v) is 6.30.